The van der Waals surface area contributed by atoms with Crippen LogP contribution in [0.3, 0.4) is 0 Å². The normalized spacial score (nSPS) is 23.1. The zero-order valence-corrected chi connectivity index (χ0v) is 12.8. The van der Waals surface area contributed by atoms with Gasteiger partial charge < -0.3 is 14.8 Å². The summed E-state index contributed by atoms with van der Waals surface area (Å²) in [6.07, 6.45) is 2.19. The topological polar surface area (TPSA) is 30.5 Å². The molecule has 2 aliphatic rings. The molecule has 1 saturated heterocycles. The lowest BCUT2D eigenvalue weighted by molar-refractivity contribution is 0.357. The quantitative estimate of drug-likeness (QED) is 0.941. The molecule has 2 atom stereocenters. The minimum absolute atomic E-state index is 0.431. The molecule has 2 aromatic rings. The van der Waals surface area contributed by atoms with Gasteiger partial charge in [-0.05, 0) is 47.2 Å². The van der Waals surface area contributed by atoms with E-state index in [1.807, 2.05) is 12.1 Å². The monoisotopic (exact) mass is 295 g/mol. The Hall–Kier alpha value is -2.00. The SMILES string of the molecule is COc1ccc(C2CC(c3ccc4c(c3)CCO4)CN2)cc1. The van der Waals surface area contributed by atoms with Crippen LogP contribution in [-0.2, 0) is 6.42 Å². The summed E-state index contributed by atoms with van der Waals surface area (Å²) in [4.78, 5) is 0. The largest absolute Gasteiger partial charge is 0.497 e. The van der Waals surface area contributed by atoms with Gasteiger partial charge in [-0.3, -0.25) is 0 Å². The molecular weight excluding hydrogens is 274 g/mol. The molecular formula is C19H21NO2. The first kappa shape index (κ1) is 13.6. The van der Waals surface area contributed by atoms with Gasteiger partial charge >= 0.3 is 0 Å². The molecule has 0 amide bonds. The number of ether oxygens (including phenoxy) is 2. The van der Waals surface area contributed by atoms with Crippen LogP contribution in [0.25, 0.3) is 0 Å². The van der Waals surface area contributed by atoms with E-state index >= 15 is 0 Å². The third-order valence-corrected chi connectivity index (χ3v) is 4.83. The van der Waals surface area contributed by atoms with Crippen molar-refractivity contribution in [3.8, 4) is 11.5 Å². The first-order valence-corrected chi connectivity index (χ1v) is 7.96. The van der Waals surface area contributed by atoms with Crippen molar-refractivity contribution < 1.29 is 9.47 Å². The van der Waals surface area contributed by atoms with E-state index in [0.717, 1.165) is 37.5 Å². The summed E-state index contributed by atoms with van der Waals surface area (Å²) in [6.45, 7) is 1.87. The van der Waals surface area contributed by atoms with Gasteiger partial charge in [0.15, 0.2) is 0 Å². The van der Waals surface area contributed by atoms with Gasteiger partial charge in [0.1, 0.15) is 11.5 Å². The first-order valence-electron chi connectivity index (χ1n) is 7.96. The van der Waals surface area contributed by atoms with Gasteiger partial charge in [0.2, 0.25) is 0 Å². The molecule has 2 unspecified atom stereocenters. The van der Waals surface area contributed by atoms with Gasteiger partial charge in [-0.2, -0.15) is 0 Å². The van der Waals surface area contributed by atoms with Crippen LogP contribution in [0.5, 0.6) is 11.5 Å². The van der Waals surface area contributed by atoms with E-state index in [9.17, 15) is 0 Å². The molecule has 1 fully saturated rings. The number of benzene rings is 2. The fraction of sp³-hybridized carbons (Fsp3) is 0.368. The summed E-state index contributed by atoms with van der Waals surface area (Å²) in [7, 11) is 1.70. The average molecular weight is 295 g/mol. The van der Waals surface area contributed by atoms with E-state index in [1.165, 1.54) is 16.7 Å². The van der Waals surface area contributed by atoms with Gasteiger partial charge in [0, 0.05) is 19.0 Å². The van der Waals surface area contributed by atoms with E-state index in [4.69, 9.17) is 9.47 Å². The molecule has 3 nitrogen and oxygen atoms in total. The number of rotatable bonds is 3. The molecule has 2 heterocycles. The second-order valence-corrected chi connectivity index (χ2v) is 6.13. The molecule has 0 aromatic heterocycles. The number of fused-ring (bicyclic) bond motifs is 1. The maximum Gasteiger partial charge on any atom is 0.122 e. The van der Waals surface area contributed by atoms with E-state index in [2.05, 4.69) is 35.6 Å². The molecule has 1 N–H and O–H groups in total. The van der Waals surface area contributed by atoms with E-state index in [-0.39, 0.29) is 0 Å². The molecule has 0 aliphatic carbocycles. The molecule has 0 saturated carbocycles. The van der Waals surface area contributed by atoms with Crippen molar-refractivity contribution in [2.45, 2.75) is 24.8 Å². The van der Waals surface area contributed by atoms with Crippen LogP contribution in [0.15, 0.2) is 42.5 Å². The minimum atomic E-state index is 0.431. The highest BCUT2D eigenvalue weighted by atomic mass is 16.5. The van der Waals surface area contributed by atoms with Crippen molar-refractivity contribution in [3.63, 3.8) is 0 Å². The number of hydrogen-bond donors (Lipinski definition) is 1. The standard InChI is InChI=1S/C19H21NO2/c1-21-17-5-2-13(3-6-17)18-11-16(12-20-18)14-4-7-19-15(10-14)8-9-22-19/h2-7,10,16,18,20H,8-9,11-12H2,1H3. The summed E-state index contributed by atoms with van der Waals surface area (Å²) in [5.41, 5.74) is 4.14. The lowest BCUT2D eigenvalue weighted by atomic mass is 9.92. The van der Waals surface area contributed by atoms with Gasteiger partial charge in [-0.25, -0.2) is 0 Å². The van der Waals surface area contributed by atoms with Crippen molar-refractivity contribution in [1.29, 1.82) is 0 Å². The summed E-state index contributed by atoms with van der Waals surface area (Å²) < 4.78 is 10.8. The van der Waals surface area contributed by atoms with Crippen molar-refractivity contribution in [2.24, 2.45) is 0 Å². The van der Waals surface area contributed by atoms with Crippen LogP contribution in [0.2, 0.25) is 0 Å². The summed E-state index contributed by atoms with van der Waals surface area (Å²) >= 11 is 0. The van der Waals surface area contributed by atoms with Crippen molar-refractivity contribution in [1.82, 2.24) is 5.32 Å². The van der Waals surface area contributed by atoms with E-state index in [1.54, 1.807) is 7.11 Å². The Labute approximate surface area is 131 Å². The van der Waals surface area contributed by atoms with Crippen molar-refractivity contribution in [2.75, 3.05) is 20.3 Å². The number of methoxy groups -OCH3 is 1. The van der Waals surface area contributed by atoms with Crippen LogP contribution in [0, 0.1) is 0 Å². The van der Waals surface area contributed by atoms with E-state index < -0.39 is 0 Å². The van der Waals surface area contributed by atoms with Crippen molar-refractivity contribution in [3.05, 3.63) is 59.2 Å². The smallest absolute Gasteiger partial charge is 0.122 e. The second-order valence-electron chi connectivity index (χ2n) is 6.13. The minimum Gasteiger partial charge on any atom is -0.497 e. The average Bonchev–Trinajstić information content (AvgIpc) is 3.23. The summed E-state index contributed by atoms with van der Waals surface area (Å²) in [6, 6.07) is 15.5. The first-order chi connectivity index (χ1) is 10.8. The molecule has 2 aliphatic heterocycles. The maximum atomic E-state index is 5.60. The van der Waals surface area contributed by atoms with Crippen LogP contribution < -0.4 is 14.8 Å². The fourth-order valence-electron chi connectivity index (χ4n) is 3.54. The second kappa shape index (κ2) is 5.65. The molecule has 0 radical (unpaired) electrons. The molecule has 0 spiro atoms. The lowest BCUT2D eigenvalue weighted by Crippen LogP contribution is -2.13. The van der Waals surface area contributed by atoms with Gasteiger partial charge in [-0.1, -0.05) is 24.3 Å². The third kappa shape index (κ3) is 2.46. The molecule has 22 heavy (non-hydrogen) atoms. The Morgan fingerprint density at radius 2 is 1.91 bits per heavy atom. The van der Waals surface area contributed by atoms with E-state index in [0.29, 0.717) is 12.0 Å². The molecule has 0 bridgehead atoms. The van der Waals surface area contributed by atoms with Crippen LogP contribution >= 0.6 is 0 Å². The lowest BCUT2D eigenvalue weighted by Gasteiger charge is -2.13. The fourth-order valence-corrected chi connectivity index (χ4v) is 3.54. The number of hydrogen-bond acceptors (Lipinski definition) is 3. The predicted molar refractivity (Wildman–Crippen MR) is 86.7 cm³/mol. The molecule has 114 valence electrons. The Bertz CT molecular complexity index is 666. The Balaban J connectivity index is 1.49. The Morgan fingerprint density at radius 1 is 1.09 bits per heavy atom. The van der Waals surface area contributed by atoms with Gasteiger partial charge in [-0.15, -0.1) is 0 Å². The van der Waals surface area contributed by atoms with Crippen LogP contribution in [0.4, 0.5) is 0 Å². The maximum absolute atomic E-state index is 5.60. The summed E-state index contributed by atoms with van der Waals surface area (Å²) in [5.74, 6) is 2.57. The highest BCUT2D eigenvalue weighted by Gasteiger charge is 2.27. The highest BCUT2D eigenvalue weighted by Crippen LogP contribution is 2.36. The molecule has 4 rings (SSSR count). The summed E-state index contributed by atoms with van der Waals surface area (Å²) in [5, 5.41) is 3.65. The van der Waals surface area contributed by atoms with Gasteiger partial charge in [0.05, 0.1) is 13.7 Å². The van der Waals surface area contributed by atoms with Gasteiger partial charge in [0.25, 0.3) is 0 Å². The Morgan fingerprint density at radius 3 is 2.73 bits per heavy atom. The molecule has 2 aromatic carbocycles. The predicted octanol–water partition coefficient (Wildman–Crippen LogP) is 3.45. The van der Waals surface area contributed by atoms with Crippen LogP contribution in [0.1, 0.15) is 35.1 Å². The zero-order valence-electron chi connectivity index (χ0n) is 12.8. The van der Waals surface area contributed by atoms with Crippen LogP contribution in [-0.4, -0.2) is 20.3 Å². The highest BCUT2D eigenvalue weighted by molar-refractivity contribution is 5.41. The van der Waals surface area contributed by atoms with Crippen molar-refractivity contribution >= 4 is 0 Å². The number of nitrogens with one attached hydrogen (secondary N) is 1. The zero-order chi connectivity index (χ0) is 14.9. The molecule has 3 heteroatoms. The Kier molecular flexibility index (Phi) is 3.51. The third-order valence-electron chi connectivity index (χ3n) is 4.83.